The van der Waals surface area contributed by atoms with E-state index in [9.17, 15) is 0 Å². The van der Waals surface area contributed by atoms with E-state index in [1.807, 2.05) is 0 Å². The highest BCUT2D eigenvalue weighted by Crippen LogP contribution is 2.30. The molecule has 0 unspecified atom stereocenters. The van der Waals surface area contributed by atoms with E-state index in [-0.39, 0.29) is 0 Å². The third-order valence-corrected chi connectivity index (χ3v) is 6.59. The minimum Gasteiger partial charge on any atom is -0.345 e. The van der Waals surface area contributed by atoms with Gasteiger partial charge in [0.25, 0.3) is 0 Å². The molecule has 0 spiro atoms. The molecule has 0 aliphatic carbocycles. The Morgan fingerprint density at radius 1 is 1.22 bits per heavy atom. The van der Waals surface area contributed by atoms with E-state index in [0.717, 1.165) is 49.8 Å². The van der Waals surface area contributed by atoms with Gasteiger partial charge >= 0.3 is 5.82 Å². The number of anilines is 1. The van der Waals surface area contributed by atoms with E-state index in [1.54, 1.807) is 22.6 Å². The Labute approximate surface area is 161 Å². The van der Waals surface area contributed by atoms with E-state index in [4.69, 9.17) is 0 Å². The Morgan fingerprint density at radius 3 is 2.89 bits per heavy atom. The molecule has 27 heavy (non-hydrogen) atoms. The van der Waals surface area contributed by atoms with E-state index in [0.29, 0.717) is 0 Å². The summed E-state index contributed by atoms with van der Waals surface area (Å²) < 4.78 is 0. The molecule has 1 aliphatic heterocycles. The molecule has 3 N–H and O–H groups in total. The van der Waals surface area contributed by atoms with Gasteiger partial charge in [0.05, 0.1) is 31.6 Å². The van der Waals surface area contributed by atoms with Crippen molar-refractivity contribution in [3.63, 3.8) is 0 Å². The third kappa shape index (κ3) is 3.17. The highest BCUT2D eigenvalue weighted by atomic mass is 32.1. The number of quaternary nitrogens is 1. The fourth-order valence-corrected chi connectivity index (χ4v) is 4.86. The number of H-pyrrole nitrogens is 2. The van der Waals surface area contributed by atoms with E-state index in [2.05, 4.69) is 62.1 Å². The molecule has 0 saturated carbocycles. The average Bonchev–Trinajstić information content (AvgIpc) is 3.31. The van der Waals surface area contributed by atoms with Crippen LogP contribution >= 0.6 is 11.3 Å². The Balaban J connectivity index is 1.29. The van der Waals surface area contributed by atoms with Crippen LogP contribution in [-0.2, 0) is 13.0 Å². The van der Waals surface area contributed by atoms with Crippen molar-refractivity contribution in [3.05, 3.63) is 47.4 Å². The van der Waals surface area contributed by atoms with Crippen molar-refractivity contribution in [1.82, 2.24) is 15.0 Å². The largest absolute Gasteiger partial charge is 0.345 e. The zero-order valence-corrected chi connectivity index (χ0v) is 16.3. The van der Waals surface area contributed by atoms with Crippen LogP contribution in [0.2, 0.25) is 0 Å². The van der Waals surface area contributed by atoms with E-state index < -0.39 is 0 Å². The number of hydrogen-bond donors (Lipinski definition) is 2. The van der Waals surface area contributed by atoms with Crippen molar-refractivity contribution in [3.8, 4) is 0 Å². The number of aryl methyl sites for hydroxylation is 1. The zero-order chi connectivity index (χ0) is 18.2. The fourth-order valence-electron chi connectivity index (χ4n) is 3.93. The fraction of sp³-hybridized carbons (Fsp3) is 0.350. The highest BCUT2D eigenvalue weighted by Gasteiger charge is 2.25. The molecule has 0 atom stereocenters. The van der Waals surface area contributed by atoms with Gasteiger partial charge in [-0.2, -0.15) is 0 Å². The van der Waals surface area contributed by atoms with Crippen molar-refractivity contribution in [2.24, 2.45) is 0 Å². The number of thiophene rings is 1. The van der Waals surface area contributed by atoms with Crippen LogP contribution in [0, 0.1) is 0 Å². The predicted molar refractivity (Wildman–Crippen MR) is 108 cm³/mol. The maximum Gasteiger partial charge on any atom is 0.309 e. The molecule has 1 saturated heterocycles. The molecule has 0 bridgehead atoms. The molecular formula is C20H24N6S+2. The summed E-state index contributed by atoms with van der Waals surface area (Å²) in [5, 5.41) is 1.21. The topological polar surface area (TPSA) is 63.4 Å². The smallest absolute Gasteiger partial charge is 0.309 e. The summed E-state index contributed by atoms with van der Waals surface area (Å²) in [6.45, 7) is 7.47. The number of aromatic nitrogens is 4. The molecule has 1 fully saturated rings. The lowest BCUT2D eigenvalue weighted by molar-refractivity contribution is -0.918. The van der Waals surface area contributed by atoms with Gasteiger partial charge in [0.1, 0.15) is 17.0 Å². The average molecular weight is 381 g/mol. The minimum absolute atomic E-state index is 1.00. The molecule has 6 nitrogen and oxygen atoms in total. The standard InChI is InChI=1S/C20H22N6S/c1-2-14-11-15-19(21-13-22-20(15)27-14)26-9-7-25(8-10-26)12-18-23-16-5-3-4-6-17(16)24-18/h3-6,11,13H,2,7-10,12H2,1H3,(H,23,24)/p+2. The van der Waals surface area contributed by atoms with Crippen molar-refractivity contribution < 1.29 is 9.88 Å². The maximum absolute atomic E-state index is 4.62. The summed E-state index contributed by atoms with van der Waals surface area (Å²) in [4.78, 5) is 22.6. The van der Waals surface area contributed by atoms with E-state index in [1.165, 1.54) is 27.1 Å². The molecular weight excluding hydrogens is 356 g/mol. The molecule has 1 aromatic carbocycles. The second-order valence-electron chi connectivity index (χ2n) is 7.17. The Morgan fingerprint density at radius 2 is 2.07 bits per heavy atom. The lowest BCUT2D eigenvalue weighted by atomic mass is 10.2. The number of fused-ring (bicyclic) bond motifs is 2. The molecule has 5 rings (SSSR count). The number of piperazine rings is 1. The lowest BCUT2D eigenvalue weighted by Gasteiger charge is -2.32. The summed E-state index contributed by atoms with van der Waals surface area (Å²) in [6, 6.07) is 10.6. The first-order chi connectivity index (χ1) is 13.3. The quantitative estimate of drug-likeness (QED) is 0.563. The maximum atomic E-state index is 4.62. The summed E-state index contributed by atoms with van der Waals surface area (Å²) in [5.41, 5.74) is 2.36. The van der Waals surface area contributed by atoms with Gasteiger partial charge in [0.15, 0.2) is 17.6 Å². The molecule has 0 radical (unpaired) electrons. The Hall–Kier alpha value is -2.51. The molecule has 7 heteroatoms. The van der Waals surface area contributed by atoms with Gasteiger partial charge < -0.3 is 9.80 Å². The van der Waals surface area contributed by atoms with Crippen molar-refractivity contribution in [2.75, 3.05) is 31.1 Å². The van der Waals surface area contributed by atoms with E-state index >= 15 is 0 Å². The summed E-state index contributed by atoms with van der Waals surface area (Å²) in [7, 11) is 0. The molecule has 4 aromatic rings. The van der Waals surface area contributed by atoms with Crippen LogP contribution in [0.3, 0.4) is 0 Å². The first kappa shape index (κ1) is 16.6. The second kappa shape index (κ2) is 6.90. The molecule has 4 heterocycles. The van der Waals surface area contributed by atoms with Gasteiger partial charge in [0.2, 0.25) is 0 Å². The van der Waals surface area contributed by atoms with Crippen LogP contribution in [0.1, 0.15) is 17.6 Å². The Kier molecular flexibility index (Phi) is 4.26. The number of nitrogens with one attached hydrogen (secondary N) is 3. The van der Waals surface area contributed by atoms with Crippen LogP contribution in [0.15, 0.2) is 36.7 Å². The van der Waals surface area contributed by atoms with Crippen LogP contribution < -0.4 is 14.8 Å². The lowest BCUT2D eigenvalue weighted by Crippen LogP contribution is -3.13. The molecule has 3 aromatic heterocycles. The number of para-hydroxylation sites is 2. The number of imidazole rings is 1. The van der Waals surface area contributed by atoms with Crippen LogP contribution in [-0.4, -0.2) is 41.1 Å². The molecule has 1 aliphatic rings. The summed E-state index contributed by atoms with van der Waals surface area (Å²) in [6.07, 6.45) is 2.77. The zero-order valence-electron chi connectivity index (χ0n) is 15.5. The number of rotatable bonds is 4. The van der Waals surface area contributed by atoms with Gasteiger partial charge in [-0.15, -0.1) is 11.3 Å². The summed E-state index contributed by atoms with van der Waals surface area (Å²) in [5.74, 6) is 2.31. The SMILES string of the molecule is CCc1cc2c(N3CC[NH+](Cc4[nH]c5ccccc5[nH+]4)CC3)ncnc2s1. The van der Waals surface area contributed by atoms with Gasteiger partial charge in [-0.1, -0.05) is 19.1 Å². The predicted octanol–water partition coefficient (Wildman–Crippen LogP) is 1.45. The molecule has 138 valence electrons. The van der Waals surface area contributed by atoms with Crippen LogP contribution in [0.5, 0.6) is 0 Å². The van der Waals surface area contributed by atoms with Crippen molar-refractivity contribution in [1.29, 1.82) is 0 Å². The van der Waals surface area contributed by atoms with Crippen LogP contribution in [0.25, 0.3) is 21.3 Å². The van der Waals surface area contributed by atoms with Crippen molar-refractivity contribution >= 4 is 38.4 Å². The van der Waals surface area contributed by atoms with Crippen molar-refractivity contribution in [2.45, 2.75) is 19.9 Å². The number of nitrogens with zero attached hydrogens (tertiary/aromatic N) is 3. The monoisotopic (exact) mass is 380 g/mol. The number of aromatic amines is 2. The summed E-state index contributed by atoms with van der Waals surface area (Å²) >= 11 is 1.79. The number of hydrogen-bond acceptors (Lipinski definition) is 4. The second-order valence-corrected chi connectivity index (χ2v) is 8.29. The number of benzene rings is 1. The van der Waals surface area contributed by atoms with Crippen LogP contribution in [0.4, 0.5) is 5.82 Å². The normalized spacial score (nSPS) is 15.8. The highest BCUT2D eigenvalue weighted by molar-refractivity contribution is 7.18. The van der Waals surface area contributed by atoms with Gasteiger partial charge in [-0.25, -0.2) is 19.9 Å². The first-order valence-electron chi connectivity index (χ1n) is 9.61. The molecule has 0 amide bonds. The van der Waals surface area contributed by atoms with Gasteiger partial charge in [0, 0.05) is 4.88 Å². The Bertz CT molecular complexity index is 1040. The third-order valence-electron chi connectivity index (χ3n) is 5.40. The minimum atomic E-state index is 1.00. The van der Waals surface area contributed by atoms with Gasteiger partial charge in [-0.3, -0.25) is 0 Å². The first-order valence-corrected chi connectivity index (χ1v) is 10.4. The van der Waals surface area contributed by atoms with Gasteiger partial charge in [-0.05, 0) is 24.6 Å².